The minimum Gasteiger partial charge on any atom is -0.480 e. The summed E-state index contributed by atoms with van der Waals surface area (Å²) in [5.41, 5.74) is 1.58. The number of nitrogens with zero attached hydrogens (tertiary/aromatic N) is 3. The molecule has 270 valence electrons. The second-order valence-electron chi connectivity index (χ2n) is 11.5. The summed E-state index contributed by atoms with van der Waals surface area (Å²) in [5, 5.41) is 49.3. The molecule has 0 aromatic heterocycles. The smallest absolute Gasteiger partial charge is 0.323 e. The van der Waals surface area contributed by atoms with E-state index >= 15 is 0 Å². The van der Waals surface area contributed by atoms with E-state index in [1.165, 1.54) is 14.7 Å². The molecule has 49 heavy (non-hydrogen) atoms. The molecule has 0 spiro atoms. The maximum absolute atomic E-state index is 12.4. The van der Waals surface area contributed by atoms with Crippen LogP contribution in [0, 0.1) is 0 Å². The van der Waals surface area contributed by atoms with Gasteiger partial charge in [0.25, 0.3) is 0 Å². The largest absolute Gasteiger partial charge is 0.480 e. The Balaban J connectivity index is 2.26. The first-order chi connectivity index (χ1) is 23.4. The third kappa shape index (κ3) is 15.6. The van der Waals surface area contributed by atoms with Crippen molar-refractivity contribution in [3.05, 3.63) is 71.8 Å². The zero-order valence-electron chi connectivity index (χ0n) is 27.6. The van der Waals surface area contributed by atoms with Crippen LogP contribution in [-0.2, 0) is 46.7 Å². The fourth-order valence-corrected chi connectivity index (χ4v) is 5.23. The summed E-state index contributed by atoms with van der Waals surface area (Å²) in [6.07, 6.45) is 1.41. The number of benzene rings is 2. The number of carboxylic acid groups (broad SMARTS) is 5. The molecule has 0 bridgehead atoms. The lowest BCUT2D eigenvalue weighted by molar-refractivity contribution is -0.150. The van der Waals surface area contributed by atoms with E-state index in [4.69, 9.17) is 9.47 Å². The number of ether oxygens (including phenoxy) is 2. The minimum atomic E-state index is -1.37. The highest BCUT2D eigenvalue weighted by atomic mass is 16.5. The summed E-state index contributed by atoms with van der Waals surface area (Å²) in [5.74, 6) is -6.42. The molecule has 0 saturated carbocycles. The van der Waals surface area contributed by atoms with Crippen molar-refractivity contribution in [2.75, 3.05) is 52.5 Å². The van der Waals surface area contributed by atoms with Crippen LogP contribution in [0.4, 0.5) is 0 Å². The second-order valence-corrected chi connectivity index (χ2v) is 11.5. The Morgan fingerprint density at radius 1 is 0.571 bits per heavy atom. The summed E-state index contributed by atoms with van der Waals surface area (Å²) in [6, 6.07) is 14.2. The highest BCUT2D eigenvalue weighted by Crippen LogP contribution is 2.14. The molecule has 2 aromatic rings. The van der Waals surface area contributed by atoms with E-state index < -0.39 is 61.1 Å². The highest BCUT2D eigenvalue weighted by molar-refractivity contribution is 5.76. The Morgan fingerprint density at radius 2 is 0.939 bits per heavy atom. The molecule has 0 heterocycles. The third-order valence-corrected chi connectivity index (χ3v) is 7.81. The van der Waals surface area contributed by atoms with E-state index in [-0.39, 0.29) is 59.0 Å². The van der Waals surface area contributed by atoms with Crippen molar-refractivity contribution in [3.63, 3.8) is 0 Å². The quantitative estimate of drug-likeness (QED) is 0.0908. The lowest BCUT2D eigenvalue weighted by Gasteiger charge is -2.35. The SMILES string of the molecule is CCCC[C@@H](C(=O)O)N(CCN(CC(=O)O)[C@@H](COCc1ccccc1)C(=O)O)CCN(CC(=O)O)[C@@H](COCc1ccccc1)C(=O)O. The van der Waals surface area contributed by atoms with Gasteiger partial charge in [-0.25, -0.2) is 0 Å². The van der Waals surface area contributed by atoms with E-state index in [0.717, 1.165) is 11.1 Å². The van der Waals surface area contributed by atoms with Crippen LogP contribution >= 0.6 is 0 Å². The molecular weight excluding hydrogens is 642 g/mol. The first-order valence-corrected chi connectivity index (χ1v) is 16.0. The van der Waals surface area contributed by atoms with Crippen molar-refractivity contribution in [3.8, 4) is 0 Å². The Hall–Kier alpha value is -4.41. The molecule has 15 heteroatoms. The molecule has 0 fully saturated rings. The van der Waals surface area contributed by atoms with Crippen molar-refractivity contribution in [2.45, 2.75) is 57.5 Å². The first kappa shape index (κ1) is 40.8. The van der Waals surface area contributed by atoms with Gasteiger partial charge in [-0.2, -0.15) is 0 Å². The fraction of sp³-hybridized carbons (Fsp3) is 0.500. The molecule has 3 atom stereocenters. The predicted molar refractivity (Wildman–Crippen MR) is 176 cm³/mol. The molecule has 0 amide bonds. The van der Waals surface area contributed by atoms with Gasteiger partial charge >= 0.3 is 29.8 Å². The standard InChI is InChI=1S/C34H47N3O12/c1-2-3-14-27(32(42)43)35(15-17-36(19-30(38)39)28(33(44)45)23-48-21-25-10-6-4-7-11-25)16-18-37(20-31(40)41)29(34(46)47)24-49-22-26-12-8-5-9-13-26/h4-13,27-29H,2-3,14-24H2,1H3,(H,38,39)(H,40,41)(H,42,43)(H,44,45)(H,46,47)/t27-,28-,29-/m0/s1. The van der Waals surface area contributed by atoms with E-state index in [0.29, 0.717) is 12.8 Å². The fourth-order valence-electron chi connectivity index (χ4n) is 5.23. The van der Waals surface area contributed by atoms with Gasteiger partial charge in [0.1, 0.15) is 18.1 Å². The third-order valence-electron chi connectivity index (χ3n) is 7.81. The molecule has 0 aliphatic carbocycles. The lowest BCUT2D eigenvalue weighted by atomic mass is 10.1. The maximum Gasteiger partial charge on any atom is 0.323 e. The zero-order valence-corrected chi connectivity index (χ0v) is 27.6. The number of hydrogen-bond donors (Lipinski definition) is 5. The summed E-state index contributed by atoms with van der Waals surface area (Å²) in [4.78, 5) is 64.4. The van der Waals surface area contributed by atoms with E-state index in [1.807, 2.05) is 19.1 Å². The number of unbranched alkanes of at least 4 members (excludes halogenated alkanes) is 1. The van der Waals surface area contributed by atoms with Gasteiger partial charge in [0, 0.05) is 26.2 Å². The van der Waals surface area contributed by atoms with Crippen LogP contribution in [0.3, 0.4) is 0 Å². The van der Waals surface area contributed by atoms with Gasteiger partial charge in [-0.15, -0.1) is 0 Å². The molecule has 0 aliphatic heterocycles. The minimum absolute atomic E-state index is 0.0922. The van der Waals surface area contributed by atoms with Crippen molar-refractivity contribution < 1.29 is 59.0 Å². The number of hydrogen-bond acceptors (Lipinski definition) is 10. The monoisotopic (exact) mass is 689 g/mol. The summed E-state index contributed by atoms with van der Waals surface area (Å²) in [6.45, 7) is -0.550. The first-order valence-electron chi connectivity index (χ1n) is 16.0. The highest BCUT2D eigenvalue weighted by Gasteiger charge is 2.33. The molecular formula is C34H47N3O12. The molecule has 15 nitrogen and oxygen atoms in total. The molecule has 0 saturated heterocycles. The van der Waals surface area contributed by atoms with Crippen LogP contribution in [0.25, 0.3) is 0 Å². The lowest BCUT2D eigenvalue weighted by Crippen LogP contribution is -2.54. The second kappa shape index (κ2) is 22.3. The number of aliphatic carboxylic acids is 5. The molecule has 0 unspecified atom stereocenters. The Morgan fingerprint density at radius 3 is 1.27 bits per heavy atom. The summed E-state index contributed by atoms with van der Waals surface area (Å²) in [7, 11) is 0. The number of carboxylic acids is 5. The Bertz CT molecular complexity index is 1230. The van der Waals surface area contributed by atoms with Gasteiger partial charge in [0.05, 0.1) is 39.5 Å². The van der Waals surface area contributed by atoms with Crippen LogP contribution < -0.4 is 0 Å². The summed E-state index contributed by atoms with van der Waals surface area (Å²) < 4.78 is 11.2. The topological polar surface area (TPSA) is 215 Å². The van der Waals surface area contributed by atoms with Gasteiger partial charge in [0.2, 0.25) is 0 Å². The molecule has 0 aliphatic rings. The molecule has 5 N–H and O–H groups in total. The van der Waals surface area contributed by atoms with Gasteiger partial charge in [0.15, 0.2) is 0 Å². The van der Waals surface area contributed by atoms with Crippen LogP contribution in [0.5, 0.6) is 0 Å². The van der Waals surface area contributed by atoms with Gasteiger partial charge in [-0.3, -0.25) is 38.7 Å². The normalized spacial score (nSPS) is 13.3. The van der Waals surface area contributed by atoms with Crippen molar-refractivity contribution in [1.82, 2.24) is 14.7 Å². The predicted octanol–water partition coefficient (Wildman–Crippen LogP) is 2.05. The van der Waals surface area contributed by atoms with Crippen molar-refractivity contribution >= 4 is 29.8 Å². The van der Waals surface area contributed by atoms with Crippen molar-refractivity contribution in [1.29, 1.82) is 0 Å². The molecule has 2 rings (SSSR count). The molecule has 0 radical (unpaired) electrons. The number of carbonyl (C=O) groups is 5. The van der Waals surface area contributed by atoms with Gasteiger partial charge in [-0.05, 0) is 17.5 Å². The maximum atomic E-state index is 12.4. The Labute approximate surface area is 285 Å². The summed E-state index contributed by atoms with van der Waals surface area (Å²) >= 11 is 0. The van der Waals surface area contributed by atoms with Gasteiger partial charge < -0.3 is 35.0 Å². The van der Waals surface area contributed by atoms with Crippen LogP contribution in [0.15, 0.2) is 60.7 Å². The van der Waals surface area contributed by atoms with E-state index in [2.05, 4.69) is 0 Å². The molecule has 2 aromatic carbocycles. The van der Waals surface area contributed by atoms with Crippen LogP contribution in [0.2, 0.25) is 0 Å². The van der Waals surface area contributed by atoms with Crippen LogP contribution in [-0.4, -0.2) is 141 Å². The average Bonchev–Trinajstić information content (AvgIpc) is 3.05. The number of rotatable bonds is 27. The van der Waals surface area contributed by atoms with Gasteiger partial charge in [-0.1, -0.05) is 80.4 Å². The van der Waals surface area contributed by atoms with E-state index in [9.17, 15) is 49.5 Å². The van der Waals surface area contributed by atoms with E-state index in [1.54, 1.807) is 48.5 Å². The van der Waals surface area contributed by atoms with Crippen molar-refractivity contribution in [2.24, 2.45) is 0 Å². The van der Waals surface area contributed by atoms with Crippen LogP contribution in [0.1, 0.15) is 37.3 Å². The average molecular weight is 690 g/mol. The Kier molecular flexibility index (Phi) is 18.5. The zero-order chi connectivity index (χ0) is 36.2.